The van der Waals surface area contributed by atoms with E-state index in [0.717, 1.165) is 37.6 Å². The van der Waals surface area contributed by atoms with E-state index >= 15 is 0 Å². The van der Waals surface area contributed by atoms with Crippen LogP contribution in [0.2, 0.25) is 0 Å². The first-order valence-corrected chi connectivity index (χ1v) is 7.09. The van der Waals surface area contributed by atoms with Gasteiger partial charge in [-0.3, -0.25) is 0 Å². The number of hydrogen-bond acceptors (Lipinski definition) is 3. The number of imidazole rings is 1. The molecule has 0 aliphatic rings. The maximum atomic E-state index is 5.42. The van der Waals surface area contributed by atoms with Gasteiger partial charge >= 0.3 is 0 Å². The van der Waals surface area contributed by atoms with Crippen LogP contribution in [0.1, 0.15) is 30.4 Å². The van der Waals surface area contributed by atoms with E-state index in [9.17, 15) is 0 Å². The van der Waals surface area contributed by atoms with Crippen LogP contribution >= 0.6 is 0 Å². The predicted octanol–water partition coefficient (Wildman–Crippen LogP) is 2.75. The molecule has 2 rings (SSSR count). The first-order chi connectivity index (χ1) is 9.76. The Morgan fingerprint density at radius 1 is 1.30 bits per heavy atom. The maximum absolute atomic E-state index is 5.42. The lowest BCUT2D eigenvalue weighted by Gasteiger charge is -2.13. The van der Waals surface area contributed by atoms with Gasteiger partial charge in [-0.2, -0.15) is 0 Å². The van der Waals surface area contributed by atoms with Gasteiger partial charge in [0, 0.05) is 18.3 Å². The van der Waals surface area contributed by atoms with Crippen LogP contribution in [0.15, 0.2) is 30.5 Å². The van der Waals surface area contributed by atoms with Crippen molar-refractivity contribution in [3.8, 4) is 5.75 Å². The quantitative estimate of drug-likeness (QED) is 0.788. The number of nitrogens with one attached hydrogen (secondary N) is 1. The van der Waals surface area contributed by atoms with Crippen molar-refractivity contribution in [1.29, 1.82) is 0 Å². The first kappa shape index (κ1) is 14.6. The Labute approximate surface area is 120 Å². The topological polar surface area (TPSA) is 39.1 Å². The third kappa shape index (κ3) is 3.39. The van der Waals surface area contributed by atoms with Crippen LogP contribution < -0.4 is 10.1 Å². The van der Waals surface area contributed by atoms with Crippen molar-refractivity contribution in [2.75, 3.05) is 13.7 Å². The largest absolute Gasteiger partial charge is 0.496 e. The van der Waals surface area contributed by atoms with Gasteiger partial charge in [0.25, 0.3) is 0 Å². The van der Waals surface area contributed by atoms with E-state index in [1.165, 1.54) is 11.3 Å². The molecular formula is C16H23N3O. The van der Waals surface area contributed by atoms with Gasteiger partial charge in [-0.15, -0.1) is 0 Å². The van der Waals surface area contributed by atoms with Crippen molar-refractivity contribution in [2.45, 2.75) is 33.4 Å². The third-order valence-corrected chi connectivity index (χ3v) is 3.39. The molecule has 4 nitrogen and oxygen atoms in total. The molecule has 0 saturated carbocycles. The lowest BCUT2D eigenvalue weighted by atomic mass is 10.2. The van der Waals surface area contributed by atoms with Gasteiger partial charge in [0.05, 0.1) is 19.3 Å². The number of aromatic nitrogens is 2. The van der Waals surface area contributed by atoms with Gasteiger partial charge in [-0.1, -0.05) is 25.1 Å². The second-order valence-electron chi connectivity index (χ2n) is 4.87. The number of aryl methyl sites for hydroxylation is 1. The molecule has 1 N–H and O–H groups in total. The van der Waals surface area contributed by atoms with E-state index in [2.05, 4.69) is 27.9 Å². The number of hydrogen-bond donors (Lipinski definition) is 1. The summed E-state index contributed by atoms with van der Waals surface area (Å²) in [5.74, 6) is 1.96. The highest BCUT2D eigenvalue weighted by Gasteiger charge is 2.09. The fraction of sp³-hybridized carbons (Fsp3) is 0.438. The molecular weight excluding hydrogens is 250 g/mol. The van der Waals surface area contributed by atoms with Crippen LogP contribution in [0.4, 0.5) is 0 Å². The van der Waals surface area contributed by atoms with Crippen molar-refractivity contribution in [3.63, 3.8) is 0 Å². The van der Waals surface area contributed by atoms with Crippen LogP contribution in [0, 0.1) is 6.92 Å². The highest BCUT2D eigenvalue weighted by Crippen LogP contribution is 2.20. The Hall–Kier alpha value is -1.81. The van der Waals surface area contributed by atoms with Crippen LogP contribution in [0.3, 0.4) is 0 Å². The number of ether oxygens (including phenoxy) is 1. The van der Waals surface area contributed by atoms with Crippen molar-refractivity contribution in [3.05, 3.63) is 47.5 Å². The van der Waals surface area contributed by atoms with Crippen LogP contribution in [-0.4, -0.2) is 23.2 Å². The summed E-state index contributed by atoms with van der Waals surface area (Å²) in [4.78, 5) is 4.43. The van der Waals surface area contributed by atoms with Crippen molar-refractivity contribution < 1.29 is 4.74 Å². The molecule has 0 amide bonds. The summed E-state index contributed by atoms with van der Waals surface area (Å²) in [6.45, 7) is 6.88. The fourth-order valence-electron chi connectivity index (χ4n) is 2.27. The van der Waals surface area contributed by atoms with Crippen LogP contribution in [0.25, 0.3) is 0 Å². The number of rotatable bonds is 7. The van der Waals surface area contributed by atoms with Gasteiger partial charge in [0.1, 0.15) is 11.6 Å². The van der Waals surface area contributed by atoms with Crippen molar-refractivity contribution in [1.82, 2.24) is 14.9 Å². The molecule has 108 valence electrons. The monoisotopic (exact) mass is 273 g/mol. The molecule has 0 fully saturated rings. The Morgan fingerprint density at radius 2 is 2.10 bits per heavy atom. The number of benzene rings is 1. The zero-order valence-corrected chi connectivity index (χ0v) is 12.5. The molecule has 0 unspecified atom stereocenters. The molecule has 4 heteroatoms. The fourth-order valence-corrected chi connectivity index (χ4v) is 2.27. The maximum Gasteiger partial charge on any atom is 0.123 e. The van der Waals surface area contributed by atoms with E-state index < -0.39 is 0 Å². The molecule has 1 aromatic carbocycles. The molecule has 2 aromatic rings. The molecule has 0 spiro atoms. The normalized spacial score (nSPS) is 10.8. The summed E-state index contributed by atoms with van der Waals surface area (Å²) in [6.07, 6.45) is 3.09. The highest BCUT2D eigenvalue weighted by molar-refractivity contribution is 5.33. The Bertz CT molecular complexity index is 548. The minimum absolute atomic E-state index is 0.791. The number of nitrogens with zero attached hydrogens (tertiary/aromatic N) is 2. The summed E-state index contributed by atoms with van der Waals surface area (Å²) in [6, 6.07) is 8.13. The molecule has 0 atom stereocenters. The predicted molar refractivity (Wildman–Crippen MR) is 81.1 cm³/mol. The molecule has 0 bridgehead atoms. The molecule has 0 radical (unpaired) electrons. The SMILES string of the molecule is CCCNCc1cnc(C)n1Cc1ccccc1OC. The van der Waals surface area contributed by atoms with E-state index in [1.807, 2.05) is 31.3 Å². The zero-order valence-electron chi connectivity index (χ0n) is 12.5. The standard InChI is InChI=1S/C16H23N3O/c1-4-9-17-10-15-11-18-13(2)19(15)12-14-7-5-6-8-16(14)20-3/h5-8,11,17H,4,9-10,12H2,1-3H3. The molecule has 0 aliphatic heterocycles. The van der Waals surface area contributed by atoms with E-state index in [4.69, 9.17) is 4.74 Å². The summed E-state index contributed by atoms with van der Waals surface area (Å²) in [5.41, 5.74) is 2.38. The summed E-state index contributed by atoms with van der Waals surface area (Å²) in [7, 11) is 1.71. The number of para-hydroxylation sites is 1. The van der Waals surface area contributed by atoms with Crippen molar-refractivity contribution >= 4 is 0 Å². The second kappa shape index (κ2) is 7.10. The van der Waals surface area contributed by atoms with Crippen molar-refractivity contribution in [2.24, 2.45) is 0 Å². The molecule has 1 aromatic heterocycles. The Balaban J connectivity index is 2.17. The lowest BCUT2D eigenvalue weighted by Crippen LogP contribution is -2.17. The van der Waals surface area contributed by atoms with Crippen LogP contribution in [-0.2, 0) is 13.1 Å². The Kier molecular flexibility index (Phi) is 5.18. The molecule has 0 aliphatic carbocycles. The molecule has 1 heterocycles. The van der Waals surface area contributed by atoms with Gasteiger partial charge < -0.3 is 14.6 Å². The lowest BCUT2D eigenvalue weighted by molar-refractivity contribution is 0.408. The van der Waals surface area contributed by atoms with Gasteiger partial charge in [0.15, 0.2) is 0 Å². The number of methoxy groups -OCH3 is 1. The average molecular weight is 273 g/mol. The van der Waals surface area contributed by atoms with Gasteiger partial charge in [-0.25, -0.2) is 4.98 Å². The van der Waals surface area contributed by atoms with E-state index in [-0.39, 0.29) is 0 Å². The summed E-state index contributed by atoms with van der Waals surface area (Å²) >= 11 is 0. The minimum atomic E-state index is 0.791. The first-order valence-electron chi connectivity index (χ1n) is 7.09. The Morgan fingerprint density at radius 3 is 2.85 bits per heavy atom. The second-order valence-corrected chi connectivity index (χ2v) is 4.87. The summed E-state index contributed by atoms with van der Waals surface area (Å²) in [5, 5.41) is 3.43. The molecule has 0 saturated heterocycles. The van der Waals surface area contributed by atoms with E-state index in [0.29, 0.717) is 0 Å². The smallest absolute Gasteiger partial charge is 0.123 e. The third-order valence-electron chi connectivity index (χ3n) is 3.39. The zero-order chi connectivity index (χ0) is 14.4. The molecule has 20 heavy (non-hydrogen) atoms. The van der Waals surface area contributed by atoms with E-state index in [1.54, 1.807) is 7.11 Å². The highest BCUT2D eigenvalue weighted by atomic mass is 16.5. The summed E-state index contributed by atoms with van der Waals surface area (Å²) < 4.78 is 7.66. The van der Waals surface area contributed by atoms with Gasteiger partial charge in [-0.05, 0) is 26.0 Å². The van der Waals surface area contributed by atoms with Crippen LogP contribution in [0.5, 0.6) is 5.75 Å². The minimum Gasteiger partial charge on any atom is -0.496 e. The average Bonchev–Trinajstić information content (AvgIpc) is 2.81. The van der Waals surface area contributed by atoms with Gasteiger partial charge in [0.2, 0.25) is 0 Å².